The molecule has 100 valence electrons. The molecule has 0 aromatic heterocycles. The molecular formula is C14H15BrFN3. The molecule has 0 heterocycles. The lowest BCUT2D eigenvalue weighted by molar-refractivity contribution is 0.622. The van der Waals surface area contributed by atoms with Crippen molar-refractivity contribution in [2.75, 3.05) is 30.0 Å². The second kappa shape index (κ2) is 5.48. The summed E-state index contributed by atoms with van der Waals surface area (Å²) in [5.41, 5.74) is 8.83. The summed E-state index contributed by atoms with van der Waals surface area (Å²) in [4.78, 5) is 2.00. The van der Waals surface area contributed by atoms with E-state index in [1.165, 1.54) is 6.07 Å². The zero-order valence-corrected chi connectivity index (χ0v) is 12.3. The minimum atomic E-state index is -0.347. The molecule has 3 N–H and O–H groups in total. The van der Waals surface area contributed by atoms with Gasteiger partial charge in [0, 0.05) is 31.5 Å². The highest BCUT2D eigenvalue weighted by molar-refractivity contribution is 9.10. The molecule has 0 saturated heterocycles. The number of anilines is 4. The highest BCUT2D eigenvalue weighted by Crippen LogP contribution is 2.29. The van der Waals surface area contributed by atoms with E-state index in [4.69, 9.17) is 5.73 Å². The molecule has 2 rings (SSSR count). The molecule has 5 heteroatoms. The maximum absolute atomic E-state index is 13.5. The molecule has 19 heavy (non-hydrogen) atoms. The van der Waals surface area contributed by atoms with Crippen LogP contribution in [0, 0.1) is 5.82 Å². The third kappa shape index (κ3) is 3.17. The average molecular weight is 324 g/mol. The van der Waals surface area contributed by atoms with E-state index >= 15 is 0 Å². The molecule has 3 nitrogen and oxygen atoms in total. The molecule has 0 unspecified atom stereocenters. The van der Waals surface area contributed by atoms with Gasteiger partial charge in [-0.3, -0.25) is 0 Å². The van der Waals surface area contributed by atoms with Crippen molar-refractivity contribution in [3.05, 3.63) is 46.7 Å². The van der Waals surface area contributed by atoms with Gasteiger partial charge in [-0.25, -0.2) is 4.39 Å². The Morgan fingerprint density at radius 1 is 1.21 bits per heavy atom. The van der Waals surface area contributed by atoms with Crippen LogP contribution in [0.4, 0.5) is 27.1 Å². The number of nitrogen functional groups attached to an aromatic ring is 1. The third-order valence-electron chi connectivity index (χ3n) is 2.73. The van der Waals surface area contributed by atoms with Gasteiger partial charge in [0.2, 0.25) is 0 Å². The topological polar surface area (TPSA) is 41.3 Å². The molecule has 0 saturated carbocycles. The first-order chi connectivity index (χ1) is 8.97. The number of hydrogen-bond donors (Lipinski definition) is 2. The molecule has 0 spiro atoms. The lowest BCUT2D eigenvalue weighted by Crippen LogP contribution is -2.08. The Bertz CT molecular complexity index is 599. The Hall–Kier alpha value is -1.75. The smallest absolute Gasteiger partial charge is 0.139 e. The first-order valence-corrected chi connectivity index (χ1v) is 6.55. The molecule has 0 fully saturated rings. The Morgan fingerprint density at radius 2 is 1.95 bits per heavy atom. The van der Waals surface area contributed by atoms with Crippen LogP contribution in [0.5, 0.6) is 0 Å². The second-order valence-electron chi connectivity index (χ2n) is 4.42. The van der Waals surface area contributed by atoms with Crippen LogP contribution in [-0.2, 0) is 0 Å². The molecule has 0 aliphatic heterocycles. The van der Waals surface area contributed by atoms with Crippen LogP contribution in [-0.4, -0.2) is 14.1 Å². The first kappa shape index (κ1) is 13.7. The van der Waals surface area contributed by atoms with E-state index in [-0.39, 0.29) is 5.82 Å². The average Bonchev–Trinajstić information content (AvgIpc) is 2.36. The van der Waals surface area contributed by atoms with Gasteiger partial charge in [-0.2, -0.15) is 0 Å². The predicted octanol–water partition coefficient (Wildman–Crippen LogP) is 3.98. The van der Waals surface area contributed by atoms with Gasteiger partial charge < -0.3 is 16.0 Å². The van der Waals surface area contributed by atoms with Crippen molar-refractivity contribution in [1.29, 1.82) is 0 Å². The first-order valence-electron chi connectivity index (χ1n) is 5.76. The highest BCUT2D eigenvalue weighted by Gasteiger charge is 2.06. The fraction of sp³-hybridized carbons (Fsp3) is 0.143. The normalized spacial score (nSPS) is 10.3. The van der Waals surface area contributed by atoms with Crippen molar-refractivity contribution in [2.45, 2.75) is 0 Å². The maximum atomic E-state index is 13.5. The van der Waals surface area contributed by atoms with Crippen molar-refractivity contribution in [3.63, 3.8) is 0 Å². The largest absolute Gasteiger partial charge is 0.397 e. The minimum absolute atomic E-state index is 0.347. The summed E-state index contributed by atoms with van der Waals surface area (Å²) < 4.78 is 13.9. The highest BCUT2D eigenvalue weighted by atomic mass is 79.9. The van der Waals surface area contributed by atoms with Crippen molar-refractivity contribution in [2.24, 2.45) is 0 Å². The molecule has 0 bridgehead atoms. The quantitative estimate of drug-likeness (QED) is 0.839. The second-order valence-corrected chi connectivity index (χ2v) is 5.28. The molecular weight excluding hydrogens is 309 g/mol. The van der Waals surface area contributed by atoms with Gasteiger partial charge in [0.05, 0.1) is 15.8 Å². The molecule has 0 amide bonds. The number of nitrogens with zero attached hydrogens (tertiary/aromatic N) is 1. The van der Waals surface area contributed by atoms with Crippen LogP contribution in [0.15, 0.2) is 40.9 Å². The van der Waals surface area contributed by atoms with Gasteiger partial charge in [0.1, 0.15) is 5.82 Å². The van der Waals surface area contributed by atoms with Crippen LogP contribution < -0.4 is 16.0 Å². The summed E-state index contributed by atoms with van der Waals surface area (Å²) in [5.74, 6) is -0.347. The summed E-state index contributed by atoms with van der Waals surface area (Å²) >= 11 is 3.11. The molecule has 0 atom stereocenters. The standard InChI is InChI=1S/C14H15BrFN3/c1-19(2)10-5-3-4-9(6-10)18-14-8-12(16)11(15)7-13(14)17/h3-8,18H,17H2,1-2H3. The van der Waals surface area contributed by atoms with Gasteiger partial charge >= 0.3 is 0 Å². The van der Waals surface area contributed by atoms with E-state index in [9.17, 15) is 4.39 Å². The fourth-order valence-corrected chi connectivity index (χ4v) is 2.05. The Labute approximate surface area is 120 Å². The Balaban J connectivity index is 2.31. The van der Waals surface area contributed by atoms with Crippen LogP contribution in [0.25, 0.3) is 0 Å². The third-order valence-corrected chi connectivity index (χ3v) is 3.34. The summed E-state index contributed by atoms with van der Waals surface area (Å²) in [6.07, 6.45) is 0. The van der Waals surface area contributed by atoms with E-state index in [1.807, 2.05) is 43.3 Å². The summed E-state index contributed by atoms with van der Waals surface area (Å²) in [6.45, 7) is 0. The zero-order valence-electron chi connectivity index (χ0n) is 10.7. The summed E-state index contributed by atoms with van der Waals surface area (Å²) in [5, 5.41) is 3.12. The van der Waals surface area contributed by atoms with Crippen molar-refractivity contribution >= 4 is 38.7 Å². The number of nitrogens with two attached hydrogens (primary N) is 1. The number of halogens is 2. The van der Waals surface area contributed by atoms with Gasteiger partial charge in [0.15, 0.2) is 0 Å². The number of nitrogens with one attached hydrogen (secondary N) is 1. The van der Waals surface area contributed by atoms with Gasteiger partial charge in [-0.1, -0.05) is 6.07 Å². The maximum Gasteiger partial charge on any atom is 0.139 e. The zero-order chi connectivity index (χ0) is 14.0. The SMILES string of the molecule is CN(C)c1cccc(Nc2cc(F)c(Br)cc2N)c1. The van der Waals surface area contributed by atoms with Crippen LogP contribution >= 0.6 is 15.9 Å². The number of rotatable bonds is 3. The van der Waals surface area contributed by atoms with Crippen LogP contribution in [0.3, 0.4) is 0 Å². The van der Waals surface area contributed by atoms with E-state index in [0.717, 1.165) is 11.4 Å². The lowest BCUT2D eigenvalue weighted by atomic mass is 10.2. The van der Waals surface area contributed by atoms with E-state index in [0.29, 0.717) is 15.8 Å². The molecule has 2 aromatic carbocycles. The molecule has 0 aliphatic rings. The monoisotopic (exact) mass is 323 g/mol. The lowest BCUT2D eigenvalue weighted by Gasteiger charge is -2.15. The predicted molar refractivity (Wildman–Crippen MR) is 82.6 cm³/mol. The fourth-order valence-electron chi connectivity index (χ4n) is 1.69. The molecule has 0 radical (unpaired) electrons. The van der Waals surface area contributed by atoms with Crippen LogP contribution in [0.2, 0.25) is 0 Å². The molecule has 0 aliphatic carbocycles. The number of hydrogen-bond acceptors (Lipinski definition) is 3. The summed E-state index contributed by atoms with van der Waals surface area (Å²) in [6, 6.07) is 10.7. The van der Waals surface area contributed by atoms with Gasteiger partial charge in [0.25, 0.3) is 0 Å². The Morgan fingerprint density at radius 3 is 2.63 bits per heavy atom. The number of benzene rings is 2. The summed E-state index contributed by atoms with van der Waals surface area (Å²) in [7, 11) is 3.93. The Kier molecular flexibility index (Phi) is 3.95. The van der Waals surface area contributed by atoms with Gasteiger partial charge in [-0.05, 0) is 40.2 Å². The van der Waals surface area contributed by atoms with E-state index in [2.05, 4.69) is 21.2 Å². The van der Waals surface area contributed by atoms with Crippen molar-refractivity contribution < 1.29 is 4.39 Å². The molecule has 2 aromatic rings. The van der Waals surface area contributed by atoms with Gasteiger partial charge in [-0.15, -0.1) is 0 Å². The van der Waals surface area contributed by atoms with Crippen molar-refractivity contribution in [3.8, 4) is 0 Å². The van der Waals surface area contributed by atoms with Crippen molar-refractivity contribution in [1.82, 2.24) is 0 Å². The minimum Gasteiger partial charge on any atom is -0.397 e. The van der Waals surface area contributed by atoms with E-state index in [1.54, 1.807) is 6.07 Å². The van der Waals surface area contributed by atoms with E-state index < -0.39 is 0 Å². The van der Waals surface area contributed by atoms with Crippen LogP contribution in [0.1, 0.15) is 0 Å².